The molecule has 3 aromatic rings. The second-order valence-electron chi connectivity index (χ2n) is 4.83. The van der Waals surface area contributed by atoms with E-state index in [-0.39, 0.29) is 0 Å². The van der Waals surface area contributed by atoms with Crippen LogP contribution in [-0.4, -0.2) is 22.0 Å². The van der Waals surface area contributed by atoms with Gasteiger partial charge in [0.2, 0.25) is 0 Å². The molecule has 0 aliphatic heterocycles. The van der Waals surface area contributed by atoms with Gasteiger partial charge in [-0.1, -0.05) is 30.3 Å². The molecule has 2 aromatic heterocycles. The molecule has 110 valence electrons. The number of nitrogens with zero attached hydrogens (tertiary/aromatic N) is 3. The van der Waals surface area contributed by atoms with Crippen LogP contribution in [0.4, 0.5) is 17.3 Å². The minimum Gasteiger partial charge on any atom is -0.373 e. The van der Waals surface area contributed by atoms with E-state index in [9.17, 15) is 0 Å². The Labute approximate surface area is 129 Å². The highest BCUT2D eigenvalue weighted by Crippen LogP contribution is 2.15. The normalized spacial score (nSPS) is 10.2. The highest BCUT2D eigenvalue weighted by molar-refractivity contribution is 5.56. The molecular formula is C17H17N5. The quantitative estimate of drug-likeness (QED) is 0.755. The van der Waals surface area contributed by atoms with Gasteiger partial charge in [-0.2, -0.15) is 0 Å². The number of pyridine rings is 1. The van der Waals surface area contributed by atoms with Gasteiger partial charge in [0.25, 0.3) is 0 Å². The van der Waals surface area contributed by atoms with E-state index < -0.39 is 0 Å². The van der Waals surface area contributed by atoms with Gasteiger partial charge in [-0.25, -0.2) is 15.0 Å². The lowest BCUT2D eigenvalue weighted by Crippen LogP contribution is -2.01. The van der Waals surface area contributed by atoms with Crippen LogP contribution >= 0.6 is 0 Å². The molecule has 0 radical (unpaired) electrons. The van der Waals surface area contributed by atoms with E-state index in [2.05, 4.69) is 37.7 Å². The number of hydrogen-bond donors (Lipinski definition) is 2. The van der Waals surface area contributed by atoms with Gasteiger partial charge in [0.15, 0.2) is 0 Å². The number of benzene rings is 1. The summed E-state index contributed by atoms with van der Waals surface area (Å²) < 4.78 is 0. The molecule has 0 spiro atoms. The van der Waals surface area contributed by atoms with Crippen LogP contribution in [0, 0.1) is 0 Å². The number of anilines is 3. The maximum Gasteiger partial charge on any atom is 0.135 e. The molecule has 2 heterocycles. The molecule has 0 aliphatic carbocycles. The molecule has 0 amide bonds. The van der Waals surface area contributed by atoms with Gasteiger partial charge in [-0.05, 0) is 23.8 Å². The lowest BCUT2D eigenvalue weighted by Gasteiger charge is -2.07. The summed E-state index contributed by atoms with van der Waals surface area (Å²) in [6.45, 7) is 0. The van der Waals surface area contributed by atoms with Crippen LogP contribution in [0.1, 0.15) is 11.4 Å². The average molecular weight is 291 g/mol. The van der Waals surface area contributed by atoms with Crippen molar-refractivity contribution < 1.29 is 0 Å². The van der Waals surface area contributed by atoms with Gasteiger partial charge in [-0.15, -0.1) is 0 Å². The van der Waals surface area contributed by atoms with Crippen LogP contribution in [0.5, 0.6) is 0 Å². The first-order valence-electron chi connectivity index (χ1n) is 7.10. The molecule has 0 saturated heterocycles. The van der Waals surface area contributed by atoms with E-state index in [1.807, 2.05) is 43.4 Å². The standard InChI is InChI=1S/C17H17N5/c1-18-15-8-7-14(12-20-15)21-16-9-10-19-17(22-16)11-13-5-3-2-4-6-13/h2-10,12H,11H2,1H3,(H,18,20)(H,19,21,22). The minimum atomic E-state index is 0.716. The summed E-state index contributed by atoms with van der Waals surface area (Å²) in [5.74, 6) is 2.38. The van der Waals surface area contributed by atoms with Crippen molar-refractivity contribution in [1.29, 1.82) is 0 Å². The largest absolute Gasteiger partial charge is 0.373 e. The average Bonchev–Trinajstić information content (AvgIpc) is 2.57. The second-order valence-corrected chi connectivity index (χ2v) is 4.83. The molecule has 0 aliphatic rings. The van der Waals surface area contributed by atoms with Crippen LogP contribution < -0.4 is 10.6 Å². The van der Waals surface area contributed by atoms with E-state index in [0.717, 1.165) is 23.1 Å². The fourth-order valence-corrected chi connectivity index (χ4v) is 2.10. The van der Waals surface area contributed by atoms with Gasteiger partial charge >= 0.3 is 0 Å². The van der Waals surface area contributed by atoms with Crippen molar-refractivity contribution in [3.63, 3.8) is 0 Å². The maximum absolute atomic E-state index is 4.54. The third kappa shape index (κ3) is 3.58. The molecule has 0 fully saturated rings. The van der Waals surface area contributed by atoms with Crippen LogP contribution in [0.25, 0.3) is 0 Å². The predicted octanol–water partition coefficient (Wildman–Crippen LogP) is 3.25. The van der Waals surface area contributed by atoms with E-state index in [1.54, 1.807) is 12.4 Å². The Bertz CT molecular complexity index is 726. The van der Waals surface area contributed by atoms with Crippen LogP contribution in [0.2, 0.25) is 0 Å². The van der Waals surface area contributed by atoms with Crippen molar-refractivity contribution in [2.45, 2.75) is 6.42 Å². The van der Waals surface area contributed by atoms with Gasteiger partial charge < -0.3 is 10.6 Å². The molecule has 22 heavy (non-hydrogen) atoms. The SMILES string of the molecule is CNc1ccc(Nc2ccnc(Cc3ccccc3)n2)cn1. The van der Waals surface area contributed by atoms with E-state index >= 15 is 0 Å². The van der Waals surface area contributed by atoms with Crippen molar-refractivity contribution in [1.82, 2.24) is 15.0 Å². The van der Waals surface area contributed by atoms with E-state index in [4.69, 9.17) is 0 Å². The van der Waals surface area contributed by atoms with Gasteiger partial charge in [0.05, 0.1) is 11.9 Å². The number of aromatic nitrogens is 3. The van der Waals surface area contributed by atoms with Gasteiger partial charge in [0, 0.05) is 19.7 Å². The summed E-state index contributed by atoms with van der Waals surface area (Å²) in [5, 5.41) is 6.23. The Kier molecular flexibility index (Phi) is 4.25. The van der Waals surface area contributed by atoms with Crippen LogP contribution in [-0.2, 0) is 6.42 Å². The molecular weight excluding hydrogens is 274 g/mol. The molecule has 5 heteroatoms. The van der Waals surface area contributed by atoms with Crippen LogP contribution in [0.3, 0.4) is 0 Å². The zero-order valence-electron chi connectivity index (χ0n) is 12.3. The minimum absolute atomic E-state index is 0.716. The summed E-state index contributed by atoms with van der Waals surface area (Å²) in [7, 11) is 1.84. The highest BCUT2D eigenvalue weighted by atomic mass is 15.0. The summed E-state index contributed by atoms with van der Waals surface area (Å²) in [6.07, 6.45) is 4.25. The van der Waals surface area contributed by atoms with Crippen molar-refractivity contribution in [2.24, 2.45) is 0 Å². The first-order chi connectivity index (χ1) is 10.8. The van der Waals surface area contributed by atoms with Gasteiger partial charge in [0.1, 0.15) is 17.5 Å². The first-order valence-corrected chi connectivity index (χ1v) is 7.10. The summed E-state index contributed by atoms with van der Waals surface area (Å²) >= 11 is 0. The molecule has 0 saturated carbocycles. The second kappa shape index (κ2) is 6.67. The van der Waals surface area contributed by atoms with Gasteiger partial charge in [-0.3, -0.25) is 0 Å². The lowest BCUT2D eigenvalue weighted by atomic mass is 10.1. The third-order valence-corrected chi connectivity index (χ3v) is 3.20. The smallest absolute Gasteiger partial charge is 0.135 e. The first kappa shape index (κ1) is 14.0. The predicted molar refractivity (Wildman–Crippen MR) is 88.3 cm³/mol. The Morgan fingerprint density at radius 3 is 2.50 bits per heavy atom. The molecule has 0 bridgehead atoms. The highest BCUT2D eigenvalue weighted by Gasteiger charge is 2.02. The summed E-state index contributed by atoms with van der Waals surface area (Å²) in [5.41, 5.74) is 2.09. The zero-order valence-corrected chi connectivity index (χ0v) is 12.3. The van der Waals surface area contributed by atoms with Crippen molar-refractivity contribution in [3.8, 4) is 0 Å². The third-order valence-electron chi connectivity index (χ3n) is 3.20. The topological polar surface area (TPSA) is 62.7 Å². The maximum atomic E-state index is 4.54. The summed E-state index contributed by atoms with van der Waals surface area (Å²) in [6, 6.07) is 15.9. The van der Waals surface area contributed by atoms with E-state index in [0.29, 0.717) is 6.42 Å². The Morgan fingerprint density at radius 2 is 1.77 bits per heavy atom. The fourth-order valence-electron chi connectivity index (χ4n) is 2.10. The van der Waals surface area contributed by atoms with Crippen molar-refractivity contribution in [3.05, 3.63) is 72.3 Å². The monoisotopic (exact) mass is 291 g/mol. The molecule has 3 rings (SSSR count). The Hall–Kier alpha value is -2.95. The number of hydrogen-bond acceptors (Lipinski definition) is 5. The molecule has 0 atom stereocenters. The zero-order chi connectivity index (χ0) is 15.2. The molecule has 1 aromatic carbocycles. The fraction of sp³-hybridized carbons (Fsp3) is 0.118. The molecule has 2 N–H and O–H groups in total. The summed E-state index contributed by atoms with van der Waals surface area (Å²) in [4.78, 5) is 13.1. The van der Waals surface area contributed by atoms with Crippen molar-refractivity contribution in [2.75, 3.05) is 17.7 Å². The Morgan fingerprint density at radius 1 is 0.909 bits per heavy atom. The number of nitrogens with one attached hydrogen (secondary N) is 2. The molecule has 0 unspecified atom stereocenters. The number of rotatable bonds is 5. The Balaban J connectivity index is 1.73. The van der Waals surface area contributed by atoms with Crippen LogP contribution in [0.15, 0.2) is 60.9 Å². The van der Waals surface area contributed by atoms with E-state index in [1.165, 1.54) is 5.56 Å². The molecule has 5 nitrogen and oxygen atoms in total. The van der Waals surface area contributed by atoms with Crippen molar-refractivity contribution >= 4 is 17.3 Å². The lowest BCUT2D eigenvalue weighted by molar-refractivity contribution is 0.971.